The highest BCUT2D eigenvalue weighted by Gasteiger charge is 2.05. The first-order chi connectivity index (χ1) is 13.1. The summed E-state index contributed by atoms with van der Waals surface area (Å²) in [7, 11) is 0. The molecule has 138 valence electrons. The highest BCUT2D eigenvalue weighted by molar-refractivity contribution is 9.10. The SMILES string of the molecule is Nc1nnn(CC(=O)N/N=C/c2ccccc2OCc2cccc(Br)c2)n1. The van der Waals surface area contributed by atoms with E-state index in [1.165, 1.54) is 6.21 Å². The minimum Gasteiger partial charge on any atom is -0.488 e. The van der Waals surface area contributed by atoms with Gasteiger partial charge in [0.2, 0.25) is 0 Å². The fraction of sp³-hybridized carbons (Fsp3) is 0.118. The molecular weight excluding hydrogens is 414 g/mol. The number of nitrogens with one attached hydrogen (secondary N) is 1. The van der Waals surface area contributed by atoms with E-state index in [0.29, 0.717) is 12.4 Å². The average molecular weight is 430 g/mol. The fourth-order valence-corrected chi connectivity index (χ4v) is 2.61. The molecule has 0 radical (unpaired) electrons. The largest absolute Gasteiger partial charge is 0.488 e. The van der Waals surface area contributed by atoms with Gasteiger partial charge in [0.05, 0.1) is 6.21 Å². The molecule has 3 aromatic rings. The molecule has 0 bridgehead atoms. The number of carbonyl (C=O) groups excluding carboxylic acids is 1. The summed E-state index contributed by atoms with van der Waals surface area (Å²) in [5, 5.41) is 14.8. The predicted molar refractivity (Wildman–Crippen MR) is 103 cm³/mol. The Morgan fingerprint density at radius 3 is 2.93 bits per heavy atom. The molecule has 3 N–H and O–H groups in total. The third-order valence-corrected chi connectivity index (χ3v) is 3.84. The van der Waals surface area contributed by atoms with E-state index in [2.05, 4.69) is 41.9 Å². The van der Waals surface area contributed by atoms with Crippen molar-refractivity contribution >= 4 is 34.0 Å². The van der Waals surface area contributed by atoms with E-state index in [4.69, 9.17) is 10.5 Å². The number of benzene rings is 2. The Hall–Kier alpha value is -3.27. The molecule has 10 heteroatoms. The monoisotopic (exact) mass is 429 g/mol. The van der Waals surface area contributed by atoms with Crippen LogP contribution < -0.4 is 15.9 Å². The summed E-state index contributed by atoms with van der Waals surface area (Å²) in [6.07, 6.45) is 1.51. The zero-order valence-electron chi connectivity index (χ0n) is 14.1. The normalized spacial score (nSPS) is 10.9. The molecular formula is C17H16BrN7O2. The lowest BCUT2D eigenvalue weighted by atomic mass is 10.2. The number of para-hydroxylation sites is 1. The molecule has 27 heavy (non-hydrogen) atoms. The number of amides is 1. The third kappa shape index (κ3) is 5.61. The molecule has 1 amide bonds. The van der Waals surface area contributed by atoms with Crippen LogP contribution in [0.3, 0.4) is 0 Å². The Balaban J connectivity index is 1.58. The van der Waals surface area contributed by atoms with Gasteiger partial charge in [-0.1, -0.05) is 45.3 Å². The zero-order chi connectivity index (χ0) is 19.1. The van der Waals surface area contributed by atoms with Crippen LogP contribution in [-0.2, 0) is 17.9 Å². The number of tetrazole rings is 1. The van der Waals surface area contributed by atoms with Crippen LogP contribution in [0.15, 0.2) is 58.1 Å². The molecule has 1 aromatic heterocycles. The molecule has 1 heterocycles. The summed E-state index contributed by atoms with van der Waals surface area (Å²) in [5.74, 6) is 0.250. The summed E-state index contributed by atoms with van der Waals surface area (Å²) in [6, 6.07) is 15.3. The van der Waals surface area contributed by atoms with Gasteiger partial charge in [-0.25, -0.2) is 5.43 Å². The topological polar surface area (TPSA) is 120 Å². The van der Waals surface area contributed by atoms with Crippen LogP contribution in [0.4, 0.5) is 5.95 Å². The summed E-state index contributed by atoms with van der Waals surface area (Å²) in [6.45, 7) is 0.276. The number of rotatable bonds is 7. The van der Waals surface area contributed by atoms with E-state index in [0.717, 1.165) is 20.4 Å². The van der Waals surface area contributed by atoms with Gasteiger partial charge >= 0.3 is 0 Å². The fourth-order valence-electron chi connectivity index (χ4n) is 2.17. The first-order valence-corrected chi connectivity index (χ1v) is 8.71. The van der Waals surface area contributed by atoms with Gasteiger partial charge in [0.25, 0.3) is 11.9 Å². The second-order valence-electron chi connectivity index (χ2n) is 5.43. The average Bonchev–Trinajstić information content (AvgIpc) is 3.05. The number of anilines is 1. The quantitative estimate of drug-likeness (QED) is 0.435. The van der Waals surface area contributed by atoms with Gasteiger partial charge in [0, 0.05) is 10.0 Å². The van der Waals surface area contributed by atoms with Gasteiger partial charge in [-0.15, -0.1) is 5.10 Å². The molecule has 0 aliphatic rings. The molecule has 0 atom stereocenters. The molecule has 0 aliphatic carbocycles. The Kier molecular flexibility index (Phi) is 6.10. The van der Waals surface area contributed by atoms with E-state index in [-0.39, 0.29) is 12.5 Å². The number of hydrogen-bond donors (Lipinski definition) is 2. The van der Waals surface area contributed by atoms with Crippen LogP contribution in [0.5, 0.6) is 5.75 Å². The van der Waals surface area contributed by atoms with Gasteiger partial charge < -0.3 is 10.5 Å². The Bertz CT molecular complexity index is 958. The molecule has 0 fully saturated rings. The number of nitrogen functional groups attached to an aromatic ring is 1. The Morgan fingerprint density at radius 1 is 1.30 bits per heavy atom. The number of hydrazone groups is 1. The number of carbonyl (C=O) groups is 1. The van der Waals surface area contributed by atoms with Crippen molar-refractivity contribution in [2.45, 2.75) is 13.2 Å². The van der Waals surface area contributed by atoms with Crippen molar-refractivity contribution in [1.29, 1.82) is 0 Å². The second kappa shape index (κ2) is 8.90. The number of nitrogens with two attached hydrogens (primary N) is 1. The second-order valence-corrected chi connectivity index (χ2v) is 6.34. The highest BCUT2D eigenvalue weighted by atomic mass is 79.9. The van der Waals surface area contributed by atoms with Crippen LogP contribution in [-0.4, -0.2) is 32.3 Å². The number of nitrogens with zero attached hydrogens (tertiary/aromatic N) is 5. The van der Waals surface area contributed by atoms with Gasteiger partial charge in [0.1, 0.15) is 18.9 Å². The minimum atomic E-state index is -0.406. The van der Waals surface area contributed by atoms with Gasteiger partial charge in [-0.3, -0.25) is 4.79 Å². The first-order valence-electron chi connectivity index (χ1n) is 7.91. The van der Waals surface area contributed by atoms with Crippen molar-refractivity contribution in [2.24, 2.45) is 5.10 Å². The molecule has 9 nitrogen and oxygen atoms in total. The molecule has 2 aromatic carbocycles. The molecule has 0 saturated heterocycles. The standard InChI is InChI=1S/C17H16BrN7O2/c18-14-6-3-4-12(8-14)11-27-15-7-2-1-5-13(15)9-20-21-16(26)10-25-23-17(19)22-24-25/h1-9H,10-11H2,(H2,19,23)(H,21,26)/b20-9+. The highest BCUT2D eigenvalue weighted by Crippen LogP contribution is 2.19. The van der Waals surface area contributed by atoms with Gasteiger partial charge in [-0.2, -0.15) is 9.90 Å². The van der Waals surface area contributed by atoms with Crippen molar-refractivity contribution in [1.82, 2.24) is 25.6 Å². The predicted octanol–water partition coefficient (Wildman–Crippen LogP) is 1.75. The number of hydrogen-bond acceptors (Lipinski definition) is 7. The first kappa shape index (κ1) is 18.5. The van der Waals surface area contributed by atoms with Gasteiger partial charge in [-0.05, 0) is 35.0 Å². The van der Waals surface area contributed by atoms with E-state index >= 15 is 0 Å². The van der Waals surface area contributed by atoms with Gasteiger partial charge in [0.15, 0.2) is 0 Å². The Labute approximate surface area is 163 Å². The third-order valence-electron chi connectivity index (χ3n) is 3.35. The van der Waals surface area contributed by atoms with E-state index in [9.17, 15) is 4.79 Å². The number of ether oxygens (including phenoxy) is 1. The summed E-state index contributed by atoms with van der Waals surface area (Å²) in [4.78, 5) is 12.9. The number of aromatic nitrogens is 4. The van der Waals surface area contributed by atoms with Crippen LogP contribution in [0.25, 0.3) is 0 Å². The van der Waals surface area contributed by atoms with E-state index < -0.39 is 5.91 Å². The minimum absolute atomic E-state index is 0.00261. The van der Waals surface area contributed by atoms with Crippen molar-refractivity contribution in [3.63, 3.8) is 0 Å². The van der Waals surface area contributed by atoms with Crippen molar-refractivity contribution in [3.8, 4) is 5.75 Å². The van der Waals surface area contributed by atoms with Crippen molar-refractivity contribution < 1.29 is 9.53 Å². The van der Waals surface area contributed by atoms with Crippen molar-refractivity contribution in [3.05, 3.63) is 64.1 Å². The maximum absolute atomic E-state index is 11.8. The summed E-state index contributed by atoms with van der Waals surface area (Å²) in [5.41, 5.74) is 9.50. The van der Waals surface area contributed by atoms with E-state index in [1.54, 1.807) is 0 Å². The molecule has 0 spiro atoms. The lowest BCUT2D eigenvalue weighted by Crippen LogP contribution is -2.24. The summed E-state index contributed by atoms with van der Waals surface area (Å²) >= 11 is 3.44. The number of halogens is 1. The van der Waals surface area contributed by atoms with Crippen molar-refractivity contribution in [2.75, 3.05) is 5.73 Å². The molecule has 0 saturated carbocycles. The molecule has 3 rings (SSSR count). The lowest BCUT2D eigenvalue weighted by Gasteiger charge is -2.09. The summed E-state index contributed by atoms with van der Waals surface area (Å²) < 4.78 is 6.85. The zero-order valence-corrected chi connectivity index (χ0v) is 15.7. The van der Waals surface area contributed by atoms with Crippen LogP contribution in [0.2, 0.25) is 0 Å². The maximum Gasteiger partial charge on any atom is 0.263 e. The molecule has 0 unspecified atom stereocenters. The van der Waals surface area contributed by atoms with E-state index in [1.807, 2.05) is 48.5 Å². The van der Waals surface area contributed by atoms with Crippen LogP contribution in [0, 0.1) is 0 Å². The van der Waals surface area contributed by atoms with Crippen LogP contribution >= 0.6 is 15.9 Å². The molecule has 0 aliphatic heterocycles. The smallest absolute Gasteiger partial charge is 0.263 e. The maximum atomic E-state index is 11.8. The Morgan fingerprint density at radius 2 is 2.15 bits per heavy atom. The van der Waals surface area contributed by atoms with Crippen LogP contribution in [0.1, 0.15) is 11.1 Å². The lowest BCUT2D eigenvalue weighted by molar-refractivity contribution is -0.122.